The van der Waals surface area contributed by atoms with Crippen LogP contribution in [0.15, 0.2) is 40.9 Å². The molecule has 0 aliphatic heterocycles. The summed E-state index contributed by atoms with van der Waals surface area (Å²) in [6, 6.07) is 9.75. The van der Waals surface area contributed by atoms with E-state index in [0.29, 0.717) is 12.0 Å². The molecule has 2 aromatic rings. The van der Waals surface area contributed by atoms with Gasteiger partial charge in [-0.05, 0) is 48.2 Å². The van der Waals surface area contributed by atoms with Crippen LogP contribution in [0, 0.1) is 18.6 Å². The molecule has 0 saturated carbocycles. The lowest BCUT2D eigenvalue weighted by Crippen LogP contribution is -1.99. The molecule has 0 bridgehead atoms. The van der Waals surface area contributed by atoms with E-state index >= 15 is 0 Å². The zero-order valence-electron chi connectivity index (χ0n) is 10.3. The lowest BCUT2D eigenvalue weighted by molar-refractivity contribution is 0.571. The number of hydrogen-bond acceptors (Lipinski definition) is 0. The van der Waals surface area contributed by atoms with Crippen molar-refractivity contribution in [2.24, 2.45) is 0 Å². The third-order valence-corrected chi connectivity index (χ3v) is 4.15. The van der Waals surface area contributed by atoms with Gasteiger partial charge < -0.3 is 0 Å². The molecule has 1 unspecified atom stereocenters. The molecule has 0 saturated heterocycles. The van der Waals surface area contributed by atoms with E-state index in [4.69, 9.17) is 0 Å². The van der Waals surface area contributed by atoms with Crippen molar-refractivity contribution in [1.29, 1.82) is 0 Å². The monoisotopic (exact) mass is 388 g/mol. The molecule has 4 heteroatoms. The number of rotatable bonds is 3. The molecule has 2 rings (SSSR count). The number of alkyl halides is 1. The zero-order valence-corrected chi connectivity index (χ0v) is 13.4. The zero-order chi connectivity index (χ0) is 14.0. The summed E-state index contributed by atoms with van der Waals surface area (Å²) in [5, 5.41) is 0. The second-order valence-electron chi connectivity index (χ2n) is 4.47. The Labute approximate surface area is 128 Å². The van der Waals surface area contributed by atoms with Crippen molar-refractivity contribution in [1.82, 2.24) is 0 Å². The summed E-state index contributed by atoms with van der Waals surface area (Å²) < 4.78 is 27.5. The highest BCUT2D eigenvalue weighted by Gasteiger charge is 2.13. The first kappa shape index (κ1) is 14.7. The minimum absolute atomic E-state index is 0.0105. The van der Waals surface area contributed by atoms with Gasteiger partial charge in [0.15, 0.2) is 0 Å². The highest BCUT2D eigenvalue weighted by atomic mass is 79.9. The van der Waals surface area contributed by atoms with Gasteiger partial charge in [-0.25, -0.2) is 8.78 Å². The summed E-state index contributed by atoms with van der Waals surface area (Å²) in [5.41, 5.74) is 2.70. The van der Waals surface area contributed by atoms with Crippen LogP contribution in [0.25, 0.3) is 0 Å². The first-order valence-corrected chi connectivity index (χ1v) is 7.51. The molecule has 0 nitrogen and oxygen atoms in total. The van der Waals surface area contributed by atoms with E-state index < -0.39 is 11.6 Å². The van der Waals surface area contributed by atoms with Gasteiger partial charge in [0.25, 0.3) is 0 Å². The highest BCUT2D eigenvalue weighted by molar-refractivity contribution is 9.10. The number of hydrogen-bond donors (Lipinski definition) is 0. The van der Waals surface area contributed by atoms with Gasteiger partial charge >= 0.3 is 0 Å². The van der Waals surface area contributed by atoms with E-state index in [-0.39, 0.29) is 4.83 Å². The van der Waals surface area contributed by atoms with Gasteiger partial charge in [0, 0.05) is 15.4 Å². The van der Waals surface area contributed by atoms with E-state index in [1.165, 1.54) is 12.1 Å². The van der Waals surface area contributed by atoms with Crippen LogP contribution in [0.1, 0.15) is 21.5 Å². The summed E-state index contributed by atoms with van der Waals surface area (Å²) in [6.45, 7) is 2.01. The average Bonchev–Trinajstić information content (AvgIpc) is 2.31. The topological polar surface area (TPSA) is 0 Å². The Morgan fingerprint density at radius 2 is 1.84 bits per heavy atom. The molecule has 19 heavy (non-hydrogen) atoms. The van der Waals surface area contributed by atoms with Crippen molar-refractivity contribution in [3.8, 4) is 0 Å². The lowest BCUT2D eigenvalue weighted by Gasteiger charge is -2.12. The fourth-order valence-electron chi connectivity index (χ4n) is 1.94. The molecule has 0 amide bonds. The summed E-state index contributed by atoms with van der Waals surface area (Å²) >= 11 is 7.01. The van der Waals surface area contributed by atoms with Crippen molar-refractivity contribution in [2.45, 2.75) is 18.2 Å². The van der Waals surface area contributed by atoms with E-state index in [1.807, 2.05) is 25.1 Å². The molecule has 0 aliphatic carbocycles. The van der Waals surface area contributed by atoms with Crippen LogP contribution in [0.5, 0.6) is 0 Å². The van der Waals surface area contributed by atoms with E-state index in [0.717, 1.165) is 21.7 Å². The molecule has 2 aromatic carbocycles. The van der Waals surface area contributed by atoms with Gasteiger partial charge in [0.05, 0.1) is 0 Å². The molecular formula is C15H12Br2F2. The van der Waals surface area contributed by atoms with Crippen LogP contribution in [0.2, 0.25) is 0 Å². The minimum Gasteiger partial charge on any atom is -0.207 e. The summed E-state index contributed by atoms with van der Waals surface area (Å²) in [6.07, 6.45) is 0.474. The Hall–Kier alpha value is -0.740. The molecule has 0 aromatic heterocycles. The van der Waals surface area contributed by atoms with Crippen LogP contribution in [0.3, 0.4) is 0 Å². The maximum absolute atomic E-state index is 13.6. The van der Waals surface area contributed by atoms with Crippen molar-refractivity contribution in [3.05, 3.63) is 69.2 Å². The van der Waals surface area contributed by atoms with E-state index in [2.05, 4.69) is 31.9 Å². The van der Waals surface area contributed by atoms with Crippen molar-refractivity contribution >= 4 is 31.9 Å². The summed E-state index contributed by atoms with van der Waals surface area (Å²) in [4.78, 5) is -0.0105. The molecule has 0 heterocycles. The van der Waals surface area contributed by atoms with E-state index in [1.54, 1.807) is 0 Å². The Kier molecular flexibility index (Phi) is 4.74. The quantitative estimate of drug-likeness (QED) is 0.589. The van der Waals surface area contributed by atoms with Crippen LogP contribution in [0.4, 0.5) is 8.78 Å². The molecule has 0 radical (unpaired) electrons. The smallest absolute Gasteiger partial charge is 0.129 e. The maximum atomic E-state index is 13.6. The number of benzene rings is 2. The fraction of sp³-hybridized carbons (Fsp3) is 0.200. The first-order valence-electron chi connectivity index (χ1n) is 5.81. The molecule has 0 N–H and O–H groups in total. The van der Waals surface area contributed by atoms with Gasteiger partial charge in [-0.2, -0.15) is 0 Å². The van der Waals surface area contributed by atoms with E-state index in [9.17, 15) is 8.78 Å². The fourth-order valence-corrected chi connectivity index (χ4v) is 3.18. The van der Waals surface area contributed by atoms with Crippen molar-refractivity contribution in [3.63, 3.8) is 0 Å². The Balaban J connectivity index is 2.22. The third-order valence-electron chi connectivity index (χ3n) is 2.84. The second kappa shape index (κ2) is 6.14. The predicted molar refractivity (Wildman–Crippen MR) is 80.6 cm³/mol. The molecule has 1 atom stereocenters. The van der Waals surface area contributed by atoms with Crippen LogP contribution >= 0.6 is 31.9 Å². The molecule has 0 spiro atoms. The van der Waals surface area contributed by atoms with Crippen LogP contribution in [-0.2, 0) is 6.42 Å². The molecule has 0 aliphatic rings. The van der Waals surface area contributed by atoms with Gasteiger partial charge in [-0.15, -0.1) is 0 Å². The Bertz CT molecular complexity index is 576. The largest absolute Gasteiger partial charge is 0.207 e. The molecule has 100 valence electrons. The Morgan fingerprint density at radius 1 is 1.11 bits per heavy atom. The lowest BCUT2D eigenvalue weighted by atomic mass is 10.0. The van der Waals surface area contributed by atoms with Gasteiger partial charge in [0.1, 0.15) is 11.6 Å². The predicted octanol–water partition coefficient (Wildman–Crippen LogP) is 5.71. The van der Waals surface area contributed by atoms with Crippen molar-refractivity contribution in [2.75, 3.05) is 0 Å². The van der Waals surface area contributed by atoms with Crippen LogP contribution in [-0.4, -0.2) is 0 Å². The first-order chi connectivity index (χ1) is 8.95. The maximum Gasteiger partial charge on any atom is 0.129 e. The SMILES string of the molecule is Cc1cc(Br)cc(C(Br)Cc2ccc(F)cc2F)c1. The summed E-state index contributed by atoms with van der Waals surface area (Å²) in [5.74, 6) is -1.05. The van der Waals surface area contributed by atoms with Gasteiger partial charge in [-0.1, -0.05) is 44.0 Å². The third kappa shape index (κ3) is 3.86. The Morgan fingerprint density at radius 3 is 2.47 bits per heavy atom. The normalized spacial score (nSPS) is 12.5. The summed E-state index contributed by atoms with van der Waals surface area (Å²) in [7, 11) is 0. The van der Waals surface area contributed by atoms with Crippen LogP contribution < -0.4 is 0 Å². The number of aryl methyl sites for hydroxylation is 1. The van der Waals surface area contributed by atoms with Crippen molar-refractivity contribution < 1.29 is 8.78 Å². The highest BCUT2D eigenvalue weighted by Crippen LogP contribution is 2.30. The van der Waals surface area contributed by atoms with Gasteiger partial charge in [-0.3, -0.25) is 0 Å². The average molecular weight is 390 g/mol. The number of halogens is 4. The minimum atomic E-state index is -0.550. The second-order valence-corrected chi connectivity index (χ2v) is 6.49. The molecule has 0 fully saturated rings. The standard InChI is InChI=1S/C15H12Br2F2/c1-9-4-11(6-12(16)5-9)14(17)7-10-2-3-13(18)8-15(10)19/h2-6,8,14H,7H2,1H3. The molecular weight excluding hydrogens is 378 g/mol. The van der Waals surface area contributed by atoms with Gasteiger partial charge in [0.2, 0.25) is 0 Å².